The van der Waals surface area contributed by atoms with Gasteiger partial charge in [0.1, 0.15) is 12.2 Å². The summed E-state index contributed by atoms with van der Waals surface area (Å²) in [6.45, 7) is 14.0. The van der Waals surface area contributed by atoms with Gasteiger partial charge in [0.25, 0.3) is 5.56 Å². The summed E-state index contributed by atoms with van der Waals surface area (Å²) in [5, 5.41) is 13.0. The van der Waals surface area contributed by atoms with E-state index in [1.807, 2.05) is 13.0 Å². The molecule has 0 amide bonds. The smallest absolute Gasteiger partial charge is 0.309 e. The van der Waals surface area contributed by atoms with Crippen molar-refractivity contribution in [1.29, 1.82) is 0 Å². The maximum atomic E-state index is 13.7. The van der Waals surface area contributed by atoms with E-state index in [-0.39, 0.29) is 35.6 Å². The number of pyridine rings is 1. The maximum Gasteiger partial charge on any atom is 0.309 e. The Kier molecular flexibility index (Phi) is 5.12. The van der Waals surface area contributed by atoms with Crippen molar-refractivity contribution in [3.05, 3.63) is 68.3 Å². The molecule has 7 heteroatoms. The van der Waals surface area contributed by atoms with Gasteiger partial charge < -0.3 is 14.4 Å². The molecule has 0 aromatic carbocycles. The van der Waals surface area contributed by atoms with Crippen LogP contribution in [0, 0.1) is 5.92 Å². The first-order valence-electron chi connectivity index (χ1n) is 12.2. The highest BCUT2D eigenvalue weighted by molar-refractivity contribution is 6.87. The number of carbonyl (C=O) groups is 1. The van der Waals surface area contributed by atoms with E-state index in [1.54, 1.807) is 4.57 Å². The van der Waals surface area contributed by atoms with E-state index in [0.717, 1.165) is 11.4 Å². The van der Waals surface area contributed by atoms with Crippen LogP contribution in [0.3, 0.4) is 0 Å². The van der Waals surface area contributed by atoms with Gasteiger partial charge in [-0.1, -0.05) is 70.3 Å². The van der Waals surface area contributed by atoms with Crippen LogP contribution in [-0.4, -0.2) is 35.5 Å². The molecular weight excluding hydrogens is 444 g/mol. The van der Waals surface area contributed by atoms with E-state index in [0.29, 0.717) is 24.1 Å². The lowest BCUT2D eigenvalue weighted by Gasteiger charge is -2.45. The second kappa shape index (κ2) is 7.49. The summed E-state index contributed by atoms with van der Waals surface area (Å²) in [4.78, 5) is 31.1. The number of esters is 1. The number of aromatic nitrogens is 1. The zero-order chi connectivity index (χ0) is 24.6. The summed E-state index contributed by atoms with van der Waals surface area (Å²) in [5.74, 6) is -0.274. The van der Waals surface area contributed by atoms with Crippen LogP contribution in [0.1, 0.15) is 57.4 Å². The van der Waals surface area contributed by atoms with E-state index in [2.05, 4.69) is 58.2 Å². The normalized spacial score (nSPS) is 28.0. The Morgan fingerprint density at radius 3 is 2.62 bits per heavy atom. The van der Waals surface area contributed by atoms with Crippen LogP contribution >= 0.6 is 0 Å². The minimum Gasteiger partial charge on any atom is -0.460 e. The quantitative estimate of drug-likeness (QED) is 0.511. The molecule has 0 radical (unpaired) electrons. The van der Waals surface area contributed by atoms with Crippen molar-refractivity contribution in [2.24, 2.45) is 10.9 Å². The fraction of sp³-hybridized carbons (Fsp3) is 0.519. The minimum atomic E-state index is -1.96. The van der Waals surface area contributed by atoms with Crippen LogP contribution in [0.25, 0.3) is 0 Å². The Labute approximate surface area is 201 Å². The summed E-state index contributed by atoms with van der Waals surface area (Å²) in [5.41, 5.74) is 2.07. The van der Waals surface area contributed by atoms with Gasteiger partial charge in [-0.2, -0.15) is 0 Å². The van der Waals surface area contributed by atoms with Gasteiger partial charge in [-0.3, -0.25) is 14.6 Å². The fourth-order valence-corrected chi connectivity index (χ4v) is 8.59. The Balaban J connectivity index is 1.78. The van der Waals surface area contributed by atoms with Crippen molar-refractivity contribution in [1.82, 2.24) is 4.57 Å². The molecule has 5 rings (SSSR count). The molecule has 180 valence electrons. The van der Waals surface area contributed by atoms with Gasteiger partial charge >= 0.3 is 5.97 Å². The Bertz CT molecular complexity index is 1270. The number of dihydropyridines is 1. The third-order valence-corrected chi connectivity index (χ3v) is 14.5. The van der Waals surface area contributed by atoms with Gasteiger partial charge in [0.2, 0.25) is 0 Å². The number of carbonyl (C=O) groups excluding carboxylic acids is 1. The molecule has 1 aromatic rings. The van der Waals surface area contributed by atoms with Crippen LogP contribution in [0.2, 0.25) is 18.1 Å². The van der Waals surface area contributed by atoms with E-state index in [9.17, 15) is 14.7 Å². The number of cyclic esters (lactones) is 1. The molecule has 1 aliphatic carbocycles. The van der Waals surface area contributed by atoms with Gasteiger partial charge in [-0.15, -0.1) is 0 Å². The number of aliphatic hydroxyl groups is 1. The molecule has 4 heterocycles. The molecule has 2 unspecified atom stereocenters. The fourth-order valence-electron chi connectivity index (χ4n) is 5.73. The van der Waals surface area contributed by atoms with Gasteiger partial charge in [0, 0.05) is 5.92 Å². The number of allylic oxidation sites excluding steroid dienone is 3. The van der Waals surface area contributed by atoms with E-state index < -0.39 is 19.6 Å². The lowest BCUT2D eigenvalue weighted by atomic mass is 9.85. The third-order valence-electron chi connectivity index (χ3n) is 8.74. The molecule has 6 nitrogen and oxygen atoms in total. The van der Waals surface area contributed by atoms with E-state index in [4.69, 9.17) is 9.73 Å². The lowest BCUT2D eigenvalue weighted by molar-refractivity contribution is -0.149. The molecule has 34 heavy (non-hydrogen) atoms. The number of hydrogen-bond donors (Lipinski definition) is 1. The Morgan fingerprint density at radius 2 is 1.94 bits per heavy atom. The van der Waals surface area contributed by atoms with Crippen molar-refractivity contribution >= 4 is 19.8 Å². The van der Waals surface area contributed by atoms with Gasteiger partial charge in [-0.05, 0) is 28.7 Å². The van der Waals surface area contributed by atoms with E-state index in [1.165, 1.54) is 10.8 Å². The van der Waals surface area contributed by atoms with Crippen LogP contribution in [0.5, 0.6) is 0 Å². The number of aliphatic imine (C=N–C) groups is 1. The van der Waals surface area contributed by atoms with Crippen molar-refractivity contribution in [2.75, 3.05) is 0 Å². The van der Waals surface area contributed by atoms with Crippen molar-refractivity contribution < 1.29 is 14.6 Å². The average molecular weight is 479 g/mol. The monoisotopic (exact) mass is 478 g/mol. The van der Waals surface area contributed by atoms with Crippen molar-refractivity contribution in [2.45, 2.75) is 83.5 Å². The summed E-state index contributed by atoms with van der Waals surface area (Å²) >= 11 is 0. The zero-order valence-electron chi connectivity index (χ0n) is 20.9. The topological polar surface area (TPSA) is 80.9 Å². The largest absolute Gasteiger partial charge is 0.460 e. The number of ether oxygens (including phenoxy) is 1. The zero-order valence-corrected chi connectivity index (χ0v) is 21.9. The summed E-state index contributed by atoms with van der Waals surface area (Å²) in [7, 11) is -1.96. The summed E-state index contributed by atoms with van der Waals surface area (Å²) < 4.78 is 7.10. The molecule has 4 aliphatic rings. The van der Waals surface area contributed by atoms with Crippen LogP contribution in [0.15, 0.2) is 50.9 Å². The number of rotatable bonds is 2. The molecule has 1 N–H and O–H groups in total. The SMILES string of the molecule is CC[C@@]1(O)CC(=O)OCc2c1cc1n(c2=O)CC2=C([Si](C)(C)C(C)(C)C)C3C=CC=CC3N=C21. The standard InChI is InChI=1S/C27H34N2O4Si/c1-7-27(32)13-22(30)33-15-18-19(27)12-21-23-17(14-29(21)25(18)31)24(34(5,6)26(2,3)4)16-10-8-9-11-20(16)28-23/h8-12,16,20,32H,7,13-15H2,1-6H3/t16?,20?,27-/m1/s1. The second-order valence-corrected chi connectivity index (χ2v) is 16.9. The molecule has 0 saturated heterocycles. The maximum absolute atomic E-state index is 13.7. The lowest BCUT2D eigenvalue weighted by Crippen LogP contribution is -2.47. The first-order valence-corrected chi connectivity index (χ1v) is 15.2. The Hall–Kier alpha value is -2.51. The third kappa shape index (κ3) is 3.20. The highest BCUT2D eigenvalue weighted by Crippen LogP contribution is 2.49. The Morgan fingerprint density at radius 1 is 1.24 bits per heavy atom. The van der Waals surface area contributed by atoms with Gasteiger partial charge in [0.05, 0.1) is 44.1 Å². The molecule has 3 atom stereocenters. The van der Waals surface area contributed by atoms with E-state index >= 15 is 0 Å². The molecule has 0 spiro atoms. The predicted molar refractivity (Wildman–Crippen MR) is 136 cm³/mol. The highest BCUT2D eigenvalue weighted by Gasteiger charge is 2.48. The number of nitrogens with zero attached hydrogens (tertiary/aromatic N) is 2. The number of fused-ring (bicyclic) bond motifs is 5. The first kappa shape index (κ1) is 23.2. The molecule has 1 aromatic heterocycles. The van der Waals surface area contributed by atoms with Crippen LogP contribution < -0.4 is 5.56 Å². The molecule has 0 fully saturated rings. The van der Waals surface area contributed by atoms with Crippen LogP contribution in [0.4, 0.5) is 0 Å². The van der Waals surface area contributed by atoms with Crippen LogP contribution in [-0.2, 0) is 28.3 Å². The molecule has 0 saturated carbocycles. The highest BCUT2D eigenvalue weighted by atomic mass is 28.3. The predicted octanol–water partition coefficient (Wildman–Crippen LogP) is 4.16. The summed E-state index contributed by atoms with van der Waals surface area (Å²) in [6.07, 6.45) is 8.76. The van der Waals surface area contributed by atoms with Crippen molar-refractivity contribution in [3.63, 3.8) is 0 Å². The van der Waals surface area contributed by atoms with Gasteiger partial charge in [-0.25, -0.2) is 0 Å². The average Bonchev–Trinajstić information content (AvgIpc) is 3.07. The number of hydrogen-bond acceptors (Lipinski definition) is 5. The summed E-state index contributed by atoms with van der Waals surface area (Å²) in [6, 6.07) is 1.91. The molecule has 3 aliphatic heterocycles. The first-order chi connectivity index (χ1) is 15.9. The van der Waals surface area contributed by atoms with Crippen molar-refractivity contribution in [3.8, 4) is 0 Å². The van der Waals surface area contributed by atoms with Gasteiger partial charge in [0.15, 0.2) is 0 Å². The molecular formula is C27H34N2O4Si. The second-order valence-electron chi connectivity index (χ2n) is 11.6. The molecule has 0 bridgehead atoms. The minimum absolute atomic E-state index is 0.00306.